The highest BCUT2D eigenvalue weighted by Crippen LogP contribution is 2.22. The summed E-state index contributed by atoms with van der Waals surface area (Å²) in [4.78, 5) is 14.5. The Morgan fingerprint density at radius 2 is 2.14 bits per heavy atom. The zero-order chi connectivity index (χ0) is 15.2. The molecule has 0 aromatic heterocycles. The minimum atomic E-state index is 0.0423. The van der Waals surface area contributed by atoms with Crippen LogP contribution in [0.1, 0.15) is 23.2 Å². The topological polar surface area (TPSA) is 50.8 Å². The van der Waals surface area contributed by atoms with Crippen LogP contribution in [0, 0.1) is 5.92 Å². The summed E-state index contributed by atoms with van der Waals surface area (Å²) in [5, 5.41) is 3.39. The van der Waals surface area contributed by atoms with E-state index < -0.39 is 0 Å². The molecule has 2 fully saturated rings. The molecule has 1 N–H and O–H groups in total. The van der Waals surface area contributed by atoms with Crippen LogP contribution < -0.4 is 10.1 Å². The van der Waals surface area contributed by atoms with Crippen molar-refractivity contribution in [1.29, 1.82) is 0 Å². The number of morpholine rings is 1. The van der Waals surface area contributed by atoms with Crippen molar-refractivity contribution in [3.8, 4) is 5.75 Å². The van der Waals surface area contributed by atoms with Crippen molar-refractivity contribution in [3.63, 3.8) is 0 Å². The third-order valence-corrected chi connectivity index (χ3v) is 4.29. The molecule has 0 bridgehead atoms. The smallest absolute Gasteiger partial charge is 0.257 e. The molecule has 22 heavy (non-hydrogen) atoms. The summed E-state index contributed by atoms with van der Waals surface area (Å²) in [6.07, 6.45) is 2.38. The number of carbonyl (C=O) groups excluding carboxylic acids is 1. The van der Waals surface area contributed by atoms with Crippen LogP contribution in [0.15, 0.2) is 24.3 Å². The van der Waals surface area contributed by atoms with Gasteiger partial charge in [0.2, 0.25) is 0 Å². The number of para-hydroxylation sites is 1. The van der Waals surface area contributed by atoms with Gasteiger partial charge in [0.15, 0.2) is 0 Å². The number of carbonyl (C=O) groups is 1. The van der Waals surface area contributed by atoms with Crippen LogP contribution in [-0.4, -0.2) is 56.8 Å². The van der Waals surface area contributed by atoms with Crippen LogP contribution in [-0.2, 0) is 4.74 Å². The Labute approximate surface area is 131 Å². The summed E-state index contributed by atoms with van der Waals surface area (Å²) in [7, 11) is 0. The van der Waals surface area contributed by atoms with Crippen LogP contribution in [0.4, 0.5) is 0 Å². The molecule has 2 saturated heterocycles. The second-order valence-electron chi connectivity index (χ2n) is 5.92. The van der Waals surface area contributed by atoms with Gasteiger partial charge in [0, 0.05) is 25.6 Å². The fraction of sp³-hybridized carbons (Fsp3) is 0.588. The van der Waals surface area contributed by atoms with Crippen molar-refractivity contribution in [3.05, 3.63) is 29.8 Å². The average Bonchev–Trinajstić information content (AvgIpc) is 2.61. The fourth-order valence-electron chi connectivity index (χ4n) is 2.98. The molecule has 1 amide bonds. The van der Waals surface area contributed by atoms with Crippen molar-refractivity contribution < 1.29 is 14.3 Å². The van der Waals surface area contributed by atoms with Crippen LogP contribution >= 0.6 is 0 Å². The molecular formula is C17H24N2O3. The molecule has 5 heteroatoms. The first kappa shape index (κ1) is 15.3. The number of piperidine rings is 1. The first-order valence-corrected chi connectivity index (χ1v) is 8.14. The second-order valence-corrected chi connectivity index (χ2v) is 5.92. The van der Waals surface area contributed by atoms with Gasteiger partial charge in [-0.15, -0.1) is 0 Å². The molecule has 3 rings (SSSR count). The number of nitrogens with zero attached hydrogens (tertiary/aromatic N) is 1. The number of nitrogens with one attached hydrogen (secondary N) is 1. The predicted molar refractivity (Wildman–Crippen MR) is 84.3 cm³/mol. The predicted octanol–water partition coefficient (Wildman–Crippen LogP) is 1.54. The lowest BCUT2D eigenvalue weighted by Crippen LogP contribution is -2.40. The van der Waals surface area contributed by atoms with Crippen molar-refractivity contribution in [1.82, 2.24) is 10.2 Å². The van der Waals surface area contributed by atoms with Gasteiger partial charge in [-0.2, -0.15) is 0 Å². The highest BCUT2D eigenvalue weighted by Gasteiger charge is 2.22. The molecule has 0 saturated carbocycles. The maximum Gasteiger partial charge on any atom is 0.257 e. The fourth-order valence-corrected chi connectivity index (χ4v) is 2.98. The monoisotopic (exact) mass is 304 g/mol. The van der Waals surface area contributed by atoms with E-state index in [1.165, 1.54) is 12.8 Å². The lowest BCUT2D eigenvalue weighted by molar-refractivity contribution is 0.0300. The van der Waals surface area contributed by atoms with Gasteiger partial charge in [0.05, 0.1) is 25.4 Å². The van der Waals surface area contributed by atoms with Crippen LogP contribution in [0.2, 0.25) is 0 Å². The Bertz CT molecular complexity index is 494. The zero-order valence-electron chi connectivity index (χ0n) is 12.9. The van der Waals surface area contributed by atoms with E-state index in [2.05, 4.69) is 5.32 Å². The van der Waals surface area contributed by atoms with E-state index in [0.29, 0.717) is 50.1 Å². The number of amides is 1. The summed E-state index contributed by atoms with van der Waals surface area (Å²) in [6, 6.07) is 7.56. The van der Waals surface area contributed by atoms with E-state index >= 15 is 0 Å². The number of rotatable bonds is 4. The summed E-state index contributed by atoms with van der Waals surface area (Å²) in [6.45, 7) is 5.30. The third kappa shape index (κ3) is 3.78. The summed E-state index contributed by atoms with van der Waals surface area (Å²) in [5.41, 5.74) is 0.660. The maximum absolute atomic E-state index is 12.6. The van der Waals surface area contributed by atoms with E-state index in [0.717, 1.165) is 13.1 Å². The summed E-state index contributed by atoms with van der Waals surface area (Å²) < 4.78 is 11.3. The van der Waals surface area contributed by atoms with E-state index in [9.17, 15) is 4.79 Å². The van der Waals surface area contributed by atoms with E-state index in [1.54, 1.807) is 0 Å². The van der Waals surface area contributed by atoms with Crippen LogP contribution in [0.25, 0.3) is 0 Å². The van der Waals surface area contributed by atoms with E-state index in [-0.39, 0.29) is 5.91 Å². The Hall–Kier alpha value is -1.59. The molecule has 1 atom stereocenters. The largest absolute Gasteiger partial charge is 0.492 e. The van der Waals surface area contributed by atoms with Crippen molar-refractivity contribution >= 4 is 5.91 Å². The van der Waals surface area contributed by atoms with Crippen molar-refractivity contribution in [2.24, 2.45) is 5.92 Å². The second kappa shape index (κ2) is 7.61. The first-order chi connectivity index (χ1) is 10.8. The van der Waals surface area contributed by atoms with Crippen LogP contribution in [0.3, 0.4) is 0 Å². The standard InChI is InChI=1S/C17H24N2O3/c20-17(19-8-10-21-11-9-19)15-5-1-2-6-16(15)22-13-14-4-3-7-18-12-14/h1-2,5-6,14,18H,3-4,7-13H2/t14-/m0/s1. The SMILES string of the molecule is O=C(c1ccccc1OC[C@H]1CCCNC1)N1CCOCC1. The van der Waals surface area contributed by atoms with Gasteiger partial charge in [-0.3, -0.25) is 4.79 Å². The molecule has 0 aliphatic carbocycles. The molecular weight excluding hydrogens is 280 g/mol. The van der Waals surface area contributed by atoms with Crippen LogP contribution in [0.5, 0.6) is 5.75 Å². The molecule has 2 aliphatic rings. The Balaban J connectivity index is 1.64. The molecule has 1 aromatic carbocycles. The minimum absolute atomic E-state index is 0.0423. The quantitative estimate of drug-likeness (QED) is 0.917. The van der Waals surface area contributed by atoms with Gasteiger partial charge in [-0.05, 0) is 31.5 Å². The highest BCUT2D eigenvalue weighted by atomic mass is 16.5. The lowest BCUT2D eigenvalue weighted by Gasteiger charge is -2.28. The lowest BCUT2D eigenvalue weighted by atomic mass is 10.0. The zero-order valence-corrected chi connectivity index (χ0v) is 12.9. The Morgan fingerprint density at radius 3 is 2.91 bits per heavy atom. The molecule has 0 spiro atoms. The molecule has 0 radical (unpaired) electrons. The normalized spacial score (nSPS) is 22.4. The Morgan fingerprint density at radius 1 is 1.32 bits per heavy atom. The number of ether oxygens (including phenoxy) is 2. The van der Waals surface area contributed by atoms with Gasteiger partial charge >= 0.3 is 0 Å². The summed E-state index contributed by atoms with van der Waals surface area (Å²) >= 11 is 0. The number of hydrogen-bond donors (Lipinski definition) is 1. The average molecular weight is 304 g/mol. The molecule has 120 valence electrons. The maximum atomic E-state index is 12.6. The van der Waals surface area contributed by atoms with Gasteiger partial charge in [-0.1, -0.05) is 12.1 Å². The van der Waals surface area contributed by atoms with Gasteiger partial charge in [0.25, 0.3) is 5.91 Å². The van der Waals surface area contributed by atoms with E-state index in [1.807, 2.05) is 29.2 Å². The minimum Gasteiger partial charge on any atom is -0.492 e. The Kier molecular flexibility index (Phi) is 5.29. The molecule has 0 unspecified atom stereocenters. The first-order valence-electron chi connectivity index (χ1n) is 8.14. The third-order valence-electron chi connectivity index (χ3n) is 4.29. The molecule has 1 aromatic rings. The van der Waals surface area contributed by atoms with Gasteiger partial charge in [0.1, 0.15) is 5.75 Å². The molecule has 2 aliphatic heterocycles. The molecule has 5 nitrogen and oxygen atoms in total. The number of hydrogen-bond acceptors (Lipinski definition) is 4. The van der Waals surface area contributed by atoms with Crippen molar-refractivity contribution in [2.45, 2.75) is 12.8 Å². The highest BCUT2D eigenvalue weighted by molar-refractivity contribution is 5.97. The molecule has 2 heterocycles. The van der Waals surface area contributed by atoms with Crippen molar-refractivity contribution in [2.75, 3.05) is 46.0 Å². The number of benzene rings is 1. The summed E-state index contributed by atoms with van der Waals surface area (Å²) in [5.74, 6) is 1.27. The van der Waals surface area contributed by atoms with Gasteiger partial charge < -0.3 is 19.7 Å². The van der Waals surface area contributed by atoms with E-state index in [4.69, 9.17) is 9.47 Å². The van der Waals surface area contributed by atoms with Gasteiger partial charge in [-0.25, -0.2) is 0 Å².